The van der Waals surface area contributed by atoms with Gasteiger partial charge in [-0.05, 0) is 32.1 Å². The quantitative estimate of drug-likeness (QED) is 0.0195. The van der Waals surface area contributed by atoms with Gasteiger partial charge in [-0.2, -0.15) is 0 Å². The Bertz CT molecular complexity index is 1350. The molecule has 0 aromatic carbocycles. The van der Waals surface area contributed by atoms with E-state index in [-0.39, 0.29) is 18.5 Å². The van der Waals surface area contributed by atoms with Crippen molar-refractivity contribution in [3.05, 3.63) is 12.2 Å². The molecule has 0 saturated carbocycles. The molecule has 0 aromatic heterocycles. The Kier molecular flexibility index (Phi) is 57.4. The summed E-state index contributed by atoms with van der Waals surface area (Å²) in [5.41, 5.74) is 0. The van der Waals surface area contributed by atoms with Gasteiger partial charge in [0.25, 0.3) is 0 Å². The van der Waals surface area contributed by atoms with E-state index >= 15 is 0 Å². The van der Waals surface area contributed by atoms with Crippen molar-refractivity contribution in [3.63, 3.8) is 0 Å². The molecule has 1 heterocycles. The third kappa shape index (κ3) is 49.2. The van der Waals surface area contributed by atoms with E-state index in [1.54, 1.807) is 6.08 Å². The lowest BCUT2D eigenvalue weighted by atomic mass is 9.99. The van der Waals surface area contributed by atoms with Gasteiger partial charge in [0, 0.05) is 12.8 Å². The molecule has 7 atom stereocenters. The first-order valence-corrected chi connectivity index (χ1v) is 35.5. The highest BCUT2D eigenvalue weighted by Gasteiger charge is 2.44. The van der Waals surface area contributed by atoms with Gasteiger partial charge in [-0.3, -0.25) is 9.59 Å². The summed E-state index contributed by atoms with van der Waals surface area (Å²) in [6, 6.07) is -0.805. The molecule has 0 aliphatic carbocycles. The number of nitrogens with one attached hydrogen (secondary N) is 1. The van der Waals surface area contributed by atoms with Crippen molar-refractivity contribution < 1.29 is 49.3 Å². The Balaban J connectivity index is 1.89. The number of rotatable bonds is 63. The maximum Gasteiger partial charge on any atom is 0.305 e. The third-order valence-corrected chi connectivity index (χ3v) is 17.2. The topological polar surface area (TPSA) is 175 Å². The molecule has 7 unspecified atom stereocenters. The second-order valence-corrected chi connectivity index (χ2v) is 25.0. The summed E-state index contributed by atoms with van der Waals surface area (Å²) in [5, 5.41) is 54.3. The minimum absolute atomic E-state index is 0.0140. The number of unbranched alkanes of at least 4 members (excludes halogenated alkanes) is 49. The van der Waals surface area contributed by atoms with Crippen LogP contribution in [-0.2, 0) is 23.8 Å². The molecule has 6 N–H and O–H groups in total. The van der Waals surface area contributed by atoms with Crippen LogP contribution in [0.5, 0.6) is 0 Å². The lowest BCUT2D eigenvalue weighted by Crippen LogP contribution is -2.60. The second kappa shape index (κ2) is 60.1. The van der Waals surface area contributed by atoms with Crippen LogP contribution in [0.4, 0.5) is 0 Å². The predicted octanol–water partition coefficient (Wildman–Crippen LogP) is 17.9. The number of esters is 1. The van der Waals surface area contributed by atoms with Gasteiger partial charge in [0.05, 0.1) is 32.0 Å². The summed E-state index contributed by atoms with van der Waals surface area (Å²) in [6.45, 7) is 4.36. The minimum Gasteiger partial charge on any atom is -0.466 e. The first kappa shape index (κ1) is 77.4. The summed E-state index contributed by atoms with van der Waals surface area (Å²) in [5.74, 6) is -0.165. The monoisotopic (exact) mass is 1150 g/mol. The average Bonchev–Trinajstić information content (AvgIpc) is 3.47. The Morgan fingerprint density at radius 1 is 0.444 bits per heavy atom. The number of hydrogen-bond acceptors (Lipinski definition) is 10. The molecule has 1 rings (SSSR count). The van der Waals surface area contributed by atoms with Crippen LogP contribution >= 0.6 is 0 Å². The smallest absolute Gasteiger partial charge is 0.305 e. The molecule has 1 aliphatic rings. The molecule has 1 aliphatic heterocycles. The van der Waals surface area contributed by atoms with Crippen LogP contribution in [0, 0.1) is 0 Å². The molecule has 0 radical (unpaired) electrons. The van der Waals surface area contributed by atoms with Crippen molar-refractivity contribution in [1.29, 1.82) is 0 Å². The SMILES string of the molecule is CCCCCCCCC/C=C/C(O)C(COC1OC(CO)C(O)C(O)C1O)NC(=O)CCCCCCCCCCCCCCCCCCCCCCCCCCCCCCOC(=O)CCCCCCCCCCCCCCCCCC. The van der Waals surface area contributed by atoms with Crippen LogP contribution in [0.1, 0.15) is 361 Å². The molecular formula is C70H135NO10. The normalized spacial score (nSPS) is 18.2. The van der Waals surface area contributed by atoms with Crippen LogP contribution in [0.25, 0.3) is 0 Å². The maximum absolute atomic E-state index is 13.0. The van der Waals surface area contributed by atoms with Crippen molar-refractivity contribution in [2.75, 3.05) is 19.8 Å². The van der Waals surface area contributed by atoms with E-state index < -0.39 is 49.5 Å². The molecule has 480 valence electrons. The molecule has 1 amide bonds. The van der Waals surface area contributed by atoms with Crippen molar-refractivity contribution in [2.45, 2.75) is 403 Å². The number of carbonyl (C=O) groups is 2. The lowest BCUT2D eigenvalue weighted by molar-refractivity contribution is -0.302. The highest BCUT2D eigenvalue weighted by atomic mass is 16.7. The Labute approximate surface area is 499 Å². The zero-order valence-electron chi connectivity index (χ0n) is 53.3. The molecule has 0 aromatic rings. The minimum atomic E-state index is -1.57. The van der Waals surface area contributed by atoms with Crippen molar-refractivity contribution in [2.24, 2.45) is 0 Å². The second-order valence-electron chi connectivity index (χ2n) is 25.0. The van der Waals surface area contributed by atoms with Crippen molar-refractivity contribution >= 4 is 11.9 Å². The summed E-state index contributed by atoms with van der Waals surface area (Å²) >= 11 is 0. The number of aliphatic hydroxyl groups excluding tert-OH is 5. The molecule has 0 bridgehead atoms. The van der Waals surface area contributed by atoms with E-state index in [1.807, 2.05) is 6.08 Å². The van der Waals surface area contributed by atoms with Gasteiger partial charge in [0.15, 0.2) is 6.29 Å². The summed E-state index contributed by atoms with van der Waals surface area (Å²) < 4.78 is 16.7. The average molecular weight is 1150 g/mol. The van der Waals surface area contributed by atoms with Gasteiger partial charge in [0.1, 0.15) is 24.4 Å². The van der Waals surface area contributed by atoms with Crippen LogP contribution in [0.3, 0.4) is 0 Å². The number of amides is 1. The van der Waals surface area contributed by atoms with Gasteiger partial charge in [-0.1, -0.05) is 328 Å². The number of aliphatic hydroxyl groups is 5. The van der Waals surface area contributed by atoms with Crippen LogP contribution in [0.2, 0.25) is 0 Å². The largest absolute Gasteiger partial charge is 0.466 e. The molecule has 0 spiro atoms. The van der Waals surface area contributed by atoms with Gasteiger partial charge in [-0.15, -0.1) is 0 Å². The highest BCUT2D eigenvalue weighted by molar-refractivity contribution is 5.76. The fourth-order valence-corrected chi connectivity index (χ4v) is 11.6. The van der Waals surface area contributed by atoms with Gasteiger partial charge in [0.2, 0.25) is 5.91 Å². The van der Waals surface area contributed by atoms with E-state index in [2.05, 4.69) is 19.2 Å². The van der Waals surface area contributed by atoms with Gasteiger partial charge >= 0.3 is 5.97 Å². The fourth-order valence-electron chi connectivity index (χ4n) is 11.6. The number of allylic oxidation sites excluding steroid dienone is 1. The van der Waals surface area contributed by atoms with Crippen molar-refractivity contribution in [3.8, 4) is 0 Å². The Morgan fingerprint density at radius 3 is 1.15 bits per heavy atom. The Hall–Kier alpha value is -1.60. The first-order chi connectivity index (χ1) is 39.7. The molecule has 1 fully saturated rings. The van der Waals surface area contributed by atoms with E-state index in [1.165, 1.54) is 283 Å². The number of carbonyl (C=O) groups excluding carboxylic acids is 2. The van der Waals surface area contributed by atoms with E-state index in [9.17, 15) is 35.1 Å². The molecular weight excluding hydrogens is 1010 g/mol. The number of ether oxygens (including phenoxy) is 3. The van der Waals surface area contributed by atoms with Crippen LogP contribution in [0.15, 0.2) is 12.2 Å². The highest BCUT2D eigenvalue weighted by Crippen LogP contribution is 2.23. The standard InChI is InChI=1S/C70H135NO10/c1-3-5-7-9-11-13-14-15-16-32-35-38-42-46-50-54-58-66(75)79-59-55-51-47-43-39-36-33-30-28-26-24-22-20-18-17-19-21-23-25-27-29-31-34-37-41-45-49-53-57-65(74)71-62(63(73)56-52-48-44-40-12-10-8-6-4-2)61-80-70-69(78)68(77)67(76)64(60-72)81-70/h52,56,62-64,67-70,72-73,76-78H,3-51,53-55,57-61H2,1-2H3,(H,71,74)/b56-52+. The zero-order chi connectivity index (χ0) is 58.7. The summed E-state index contributed by atoms with van der Waals surface area (Å²) in [6.07, 6.45) is 63.6. The predicted molar refractivity (Wildman–Crippen MR) is 338 cm³/mol. The zero-order valence-corrected chi connectivity index (χ0v) is 53.3. The summed E-state index contributed by atoms with van der Waals surface area (Å²) in [7, 11) is 0. The first-order valence-electron chi connectivity index (χ1n) is 35.5. The molecule has 1 saturated heterocycles. The van der Waals surface area contributed by atoms with E-state index in [0.717, 1.165) is 51.4 Å². The third-order valence-electron chi connectivity index (χ3n) is 17.2. The van der Waals surface area contributed by atoms with Gasteiger partial charge in [-0.25, -0.2) is 0 Å². The van der Waals surface area contributed by atoms with Crippen LogP contribution < -0.4 is 5.32 Å². The van der Waals surface area contributed by atoms with Crippen molar-refractivity contribution in [1.82, 2.24) is 5.32 Å². The fraction of sp³-hybridized carbons (Fsp3) is 0.943. The van der Waals surface area contributed by atoms with Gasteiger partial charge < -0.3 is 45.1 Å². The molecule has 11 heteroatoms. The maximum atomic E-state index is 13.0. The van der Waals surface area contributed by atoms with Crippen LogP contribution in [-0.4, -0.2) is 100 Å². The van der Waals surface area contributed by atoms with E-state index in [0.29, 0.717) is 19.4 Å². The molecule has 11 nitrogen and oxygen atoms in total. The van der Waals surface area contributed by atoms with E-state index in [4.69, 9.17) is 14.2 Å². The lowest BCUT2D eigenvalue weighted by Gasteiger charge is -2.40. The Morgan fingerprint density at radius 2 is 0.778 bits per heavy atom. The molecule has 81 heavy (non-hydrogen) atoms. The number of hydrogen-bond donors (Lipinski definition) is 6. The summed E-state index contributed by atoms with van der Waals surface area (Å²) in [4.78, 5) is 25.1.